The van der Waals surface area contributed by atoms with Crippen LogP contribution in [0.2, 0.25) is 0 Å². The van der Waals surface area contributed by atoms with E-state index in [0.29, 0.717) is 24.3 Å². The lowest BCUT2D eigenvalue weighted by molar-refractivity contribution is -0.122. The Hall–Kier alpha value is -2.17. The molecule has 1 aliphatic heterocycles. The number of hydrogen-bond donors (Lipinski definition) is 0. The van der Waals surface area contributed by atoms with Gasteiger partial charge in [-0.2, -0.15) is 0 Å². The molecule has 5 nitrogen and oxygen atoms in total. The van der Waals surface area contributed by atoms with Gasteiger partial charge in [-0.3, -0.25) is 19.3 Å². The summed E-state index contributed by atoms with van der Waals surface area (Å²) in [5.74, 6) is -0.616. The fraction of sp³-hybridized carbons (Fsp3) is 0.526. The van der Waals surface area contributed by atoms with E-state index in [4.69, 9.17) is 0 Å². The van der Waals surface area contributed by atoms with Crippen LogP contribution >= 0.6 is 0 Å². The summed E-state index contributed by atoms with van der Waals surface area (Å²) in [6.07, 6.45) is 3.61. The number of anilines is 1. The number of benzene rings is 1. The van der Waals surface area contributed by atoms with Gasteiger partial charge in [0.15, 0.2) is 0 Å². The first-order chi connectivity index (χ1) is 11.6. The van der Waals surface area contributed by atoms with E-state index in [9.17, 15) is 14.4 Å². The summed E-state index contributed by atoms with van der Waals surface area (Å²) >= 11 is 0. The first-order valence-electron chi connectivity index (χ1n) is 8.85. The quantitative estimate of drug-likeness (QED) is 0.799. The zero-order valence-electron chi connectivity index (χ0n) is 14.3. The smallest absolute Gasteiger partial charge is 0.253 e. The van der Waals surface area contributed by atoms with Crippen molar-refractivity contribution < 1.29 is 14.4 Å². The topological polar surface area (TPSA) is 57.7 Å². The van der Waals surface area contributed by atoms with Crippen LogP contribution in [0.15, 0.2) is 24.3 Å². The van der Waals surface area contributed by atoms with Crippen molar-refractivity contribution in [1.29, 1.82) is 0 Å². The first kappa shape index (κ1) is 16.7. The molecule has 1 aromatic rings. The van der Waals surface area contributed by atoms with Gasteiger partial charge in [-0.1, -0.05) is 18.9 Å². The second-order valence-corrected chi connectivity index (χ2v) is 6.54. The molecule has 3 rings (SSSR count). The number of imide groups is 1. The maximum Gasteiger partial charge on any atom is 0.253 e. The summed E-state index contributed by atoms with van der Waals surface area (Å²) < 4.78 is 0. The van der Waals surface area contributed by atoms with Gasteiger partial charge in [0.2, 0.25) is 11.8 Å². The van der Waals surface area contributed by atoms with Crippen LogP contribution in [-0.2, 0) is 9.59 Å². The van der Waals surface area contributed by atoms with Gasteiger partial charge in [0.25, 0.3) is 5.91 Å². The van der Waals surface area contributed by atoms with Gasteiger partial charge >= 0.3 is 0 Å². The third-order valence-electron chi connectivity index (χ3n) is 5.24. The fourth-order valence-corrected chi connectivity index (χ4v) is 3.89. The molecule has 2 fully saturated rings. The molecular weight excluding hydrogens is 304 g/mol. The van der Waals surface area contributed by atoms with Gasteiger partial charge in [0, 0.05) is 18.7 Å². The van der Waals surface area contributed by atoms with E-state index in [-0.39, 0.29) is 29.6 Å². The Morgan fingerprint density at radius 3 is 2.21 bits per heavy atom. The van der Waals surface area contributed by atoms with E-state index in [2.05, 4.69) is 0 Å². The normalized spacial score (nSPS) is 23.3. The monoisotopic (exact) mass is 328 g/mol. The van der Waals surface area contributed by atoms with Crippen LogP contribution in [0.5, 0.6) is 0 Å². The highest BCUT2D eigenvalue weighted by Gasteiger charge is 2.48. The molecule has 0 spiro atoms. The van der Waals surface area contributed by atoms with Crippen LogP contribution in [0.1, 0.15) is 49.9 Å². The van der Waals surface area contributed by atoms with E-state index in [1.165, 1.54) is 4.90 Å². The van der Waals surface area contributed by atoms with Crippen molar-refractivity contribution in [2.45, 2.75) is 39.5 Å². The van der Waals surface area contributed by atoms with Crippen LogP contribution in [0.4, 0.5) is 5.69 Å². The number of rotatable bonds is 4. The summed E-state index contributed by atoms with van der Waals surface area (Å²) in [5.41, 5.74) is 1.05. The predicted molar refractivity (Wildman–Crippen MR) is 91.6 cm³/mol. The van der Waals surface area contributed by atoms with Crippen molar-refractivity contribution in [3.63, 3.8) is 0 Å². The number of fused-ring (bicyclic) bond motifs is 1. The van der Waals surface area contributed by atoms with Crippen molar-refractivity contribution in [3.05, 3.63) is 29.8 Å². The highest BCUT2D eigenvalue weighted by molar-refractivity contribution is 6.22. The lowest BCUT2D eigenvalue weighted by Crippen LogP contribution is -2.32. The van der Waals surface area contributed by atoms with Crippen molar-refractivity contribution in [3.8, 4) is 0 Å². The number of amides is 3. The van der Waals surface area contributed by atoms with E-state index >= 15 is 0 Å². The summed E-state index contributed by atoms with van der Waals surface area (Å²) in [7, 11) is 0. The molecule has 1 saturated carbocycles. The average Bonchev–Trinajstić information content (AvgIpc) is 2.87. The van der Waals surface area contributed by atoms with E-state index in [0.717, 1.165) is 25.7 Å². The molecule has 24 heavy (non-hydrogen) atoms. The number of nitrogens with zero attached hydrogens (tertiary/aromatic N) is 2. The highest BCUT2D eigenvalue weighted by atomic mass is 16.2. The van der Waals surface area contributed by atoms with Crippen LogP contribution in [0, 0.1) is 11.8 Å². The summed E-state index contributed by atoms with van der Waals surface area (Å²) in [4.78, 5) is 40.9. The van der Waals surface area contributed by atoms with Crippen molar-refractivity contribution >= 4 is 23.4 Å². The SMILES string of the molecule is CCN(CC)C(=O)c1cccc(N2C(=O)C3CCCCC3C2=O)c1. The van der Waals surface area contributed by atoms with Gasteiger partial charge in [0.1, 0.15) is 0 Å². The number of hydrogen-bond acceptors (Lipinski definition) is 3. The predicted octanol–water partition coefficient (Wildman–Crippen LogP) is 2.85. The van der Waals surface area contributed by atoms with Crippen LogP contribution in [-0.4, -0.2) is 35.7 Å². The Balaban J connectivity index is 1.90. The third-order valence-corrected chi connectivity index (χ3v) is 5.24. The standard InChI is InChI=1S/C19H24N2O3/c1-3-20(4-2)17(22)13-8-7-9-14(12-13)21-18(23)15-10-5-6-11-16(15)19(21)24/h7-9,12,15-16H,3-6,10-11H2,1-2H3. The zero-order chi connectivity index (χ0) is 17.3. The first-order valence-corrected chi connectivity index (χ1v) is 8.85. The van der Waals surface area contributed by atoms with E-state index in [1.807, 2.05) is 13.8 Å². The van der Waals surface area contributed by atoms with Gasteiger partial charge in [-0.25, -0.2) is 0 Å². The highest BCUT2D eigenvalue weighted by Crippen LogP contribution is 2.40. The number of carbonyl (C=O) groups is 3. The molecule has 128 valence electrons. The lowest BCUT2D eigenvalue weighted by Gasteiger charge is -2.20. The molecule has 0 radical (unpaired) electrons. The second-order valence-electron chi connectivity index (χ2n) is 6.54. The van der Waals surface area contributed by atoms with Crippen molar-refractivity contribution in [2.75, 3.05) is 18.0 Å². The number of carbonyl (C=O) groups excluding carboxylic acids is 3. The Morgan fingerprint density at radius 2 is 1.67 bits per heavy atom. The zero-order valence-corrected chi connectivity index (χ0v) is 14.3. The molecule has 0 N–H and O–H groups in total. The average molecular weight is 328 g/mol. The molecular formula is C19H24N2O3. The fourth-order valence-electron chi connectivity index (χ4n) is 3.89. The van der Waals surface area contributed by atoms with Crippen LogP contribution in [0.3, 0.4) is 0 Å². The lowest BCUT2D eigenvalue weighted by atomic mass is 9.81. The minimum Gasteiger partial charge on any atom is -0.339 e. The minimum atomic E-state index is -0.173. The Morgan fingerprint density at radius 1 is 1.08 bits per heavy atom. The Kier molecular flexibility index (Phi) is 4.69. The largest absolute Gasteiger partial charge is 0.339 e. The third kappa shape index (κ3) is 2.72. The molecule has 3 amide bonds. The van der Waals surface area contributed by atoms with E-state index < -0.39 is 0 Å². The molecule has 1 heterocycles. The Labute approximate surface area is 142 Å². The Bertz CT molecular complexity index is 642. The van der Waals surface area contributed by atoms with E-state index in [1.54, 1.807) is 29.2 Å². The molecule has 1 aromatic carbocycles. The molecule has 1 saturated heterocycles. The van der Waals surface area contributed by atoms with Gasteiger partial charge in [0.05, 0.1) is 17.5 Å². The molecule has 0 aromatic heterocycles. The van der Waals surface area contributed by atoms with Gasteiger partial charge in [-0.15, -0.1) is 0 Å². The molecule has 1 aliphatic carbocycles. The summed E-state index contributed by atoms with van der Waals surface area (Å²) in [6.45, 7) is 5.13. The van der Waals surface area contributed by atoms with Crippen LogP contribution in [0.25, 0.3) is 0 Å². The second kappa shape index (κ2) is 6.75. The maximum absolute atomic E-state index is 12.7. The molecule has 5 heteroatoms. The van der Waals surface area contributed by atoms with Crippen molar-refractivity contribution in [2.24, 2.45) is 11.8 Å². The minimum absolute atomic E-state index is 0.0710. The van der Waals surface area contributed by atoms with Crippen LogP contribution < -0.4 is 4.90 Å². The molecule has 2 aliphatic rings. The molecule has 2 unspecified atom stereocenters. The van der Waals surface area contributed by atoms with Crippen molar-refractivity contribution in [1.82, 2.24) is 4.90 Å². The molecule has 2 atom stereocenters. The van der Waals surface area contributed by atoms with Gasteiger partial charge < -0.3 is 4.90 Å². The molecule has 0 bridgehead atoms. The van der Waals surface area contributed by atoms with Gasteiger partial charge in [-0.05, 0) is 44.9 Å². The summed E-state index contributed by atoms with van der Waals surface area (Å²) in [6, 6.07) is 6.90. The summed E-state index contributed by atoms with van der Waals surface area (Å²) in [5, 5.41) is 0. The maximum atomic E-state index is 12.7.